The highest BCUT2D eigenvalue weighted by atomic mass is 16.5. The number of ether oxygens (including phenoxy) is 1. The number of benzene rings is 1. The molecular formula is C16H16O3. The van der Waals surface area contributed by atoms with Crippen molar-refractivity contribution in [2.45, 2.75) is 6.42 Å². The predicted octanol–water partition coefficient (Wildman–Crippen LogP) is 2.48. The molecule has 0 radical (unpaired) electrons. The van der Waals surface area contributed by atoms with E-state index in [1.165, 1.54) is 7.11 Å². The van der Waals surface area contributed by atoms with Gasteiger partial charge in [-0.2, -0.15) is 0 Å². The monoisotopic (exact) mass is 256 g/mol. The minimum atomic E-state index is -0.312. The third kappa shape index (κ3) is 1.89. The third-order valence-corrected chi connectivity index (χ3v) is 4.29. The summed E-state index contributed by atoms with van der Waals surface area (Å²) in [6.45, 7) is 0. The largest absolute Gasteiger partial charge is 0.469 e. The number of rotatable bonds is 3. The van der Waals surface area contributed by atoms with Crippen molar-refractivity contribution >= 4 is 11.8 Å². The summed E-state index contributed by atoms with van der Waals surface area (Å²) in [7, 11) is 1.39. The van der Waals surface area contributed by atoms with Crippen LogP contribution >= 0.6 is 0 Å². The fourth-order valence-corrected chi connectivity index (χ4v) is 3.43. The molecule has 1 fully saturated rings. The van der Waals surface area contributed by atoms with Gasteiger partial charge in [0.25, 0.3) is 0 Å². The lowest BCUT2D eigenvalue weighted by Gasteiger charge is -2.24. The molecule has 2 bridgehead atoms. The van der Waals surface area contributed by atoms with Crippen LogP contribution in [0.25, 0.3) is 0 Å². The number of methoxy groups -OCH3 is 1. The van der Waals surface area contributed by atoms with Gasteiger partial charge in [0.15, 0.2) is 5.78 Å². The molecule has 3 rings (SSSR count). The van der Waals surface area contributed by atoms with Gasteiger partial charge in [-0.3, -0.25) is 9.59 Å². The summed E-state index contributed by atoms with van der Waals surface area (Å²) < 4.78 is 4.88. The second-order valence-corrected chi connectivity index (χ2v) is 5.25. The molecule has 3 heteroatoms. The lowest BCUT2D eigenvalue weighted by molar-refractivity contribution is -0.147. The maximum Gasteiger partial charge on any atom is 0.310 e. The minimum absolute atomic E-state index is 0.0628. The Labute approximate surface area is 112 Å². The summed E-state index contributed by atoms with van der Waals surface area (Å²) in [6, 6.07) is 9.21. The average Bonchev–Trinajstić information content (AvgIpc) is 3.07. The Morgan fingerprint density at radius 1 is 1.05 bits per heavy atom. The highest BCUT2D eigenvalue weighted by Gasteiger charge is 2.51. The van der Waals surface area contributed by atoms with Crippen LogP contribution < -0.4 is 0 Å². The van der Waals surface area contributed by atoms with Gasteiger partial charge >= 0.3 is 5.97 Å². The molecule has 1 saturated carbocycles. The van der Waals surface area contributed by atoms with E-state index in [1.54, 1.807) is 0 Å². The molecule has 0 unspecified atom stereocenters. The lowest BCUT2D eigenvalue weighted by Crippen LogP contribution is -2.33. The summed E-state index contributed by atoms with van der Waals surface area (Å²) >= 11 is 0. The number of hydrogen-bond donors (Lipinski definition) is 0. The van der Waals surface area contributed by atoms with Gasteiger partial charge in [-0.05, 0) is 18.3 Å². The normalized spacial score (nSPS) is 31.4. The van der Waals surface area contributed by atoms with Crippen LogP contribution in [0.3, 0.4) is 0 Å². The molecule has 0 heterocycles. The molecule has 1 aromatic carbocycles. The van der Waals surface area contributed by atoms with E-state index in [0.29, 0.717) is 5.56 Å². The van der Waals surface area contributed by atoms with E-state index in [4.69, 9.17) is 4.74 Å². The molecule has 98 valence electrons. The van der Waals surface area contributed by atoms with Gasteiger partial charge in [-0.15, -0.1) is 0 Å². The summed E-state index contributed by atoms with van der Waals surface area (Å²) in [5, 5.41) is 0. The number of allylic oxidation sites excluding steroid dienone is 2. The number of hydrogen-bond acceptors (Lipinski definition) is 3. The molecule has 2 aliphatic carbocycles. The summed E-state index contributed by atoms with van der Waals surface area (Å²) in [4.78, 5) is 24.6. The number of ketones is 1. The zero-order chi connectivity index (χ0) is 13.4. The van der Waals surface area contributed by atoms with Crippen LogP contribution in [0.15, 0.2) is 42.5 Å². The van der Waals surface area contributed by atoms with Crippen LogP contribution in [0, 0.1) is 23.7 Å². The Hall–Kier alpha value is -1.90. The maximum atomic E-state index is 12.6. The highest BCUT2D eigenvalue weighted by molar-refractivity contribution is 6.01. The van der Waals surface area contributed by atoms with E-state index in [2.05, 4.69) is 12.2 Å². The summed E-state index contributed by atoms with van der Waals surface area (Å²) in [5.74, 6) is -0.423. The van der Waals surface area contributed by atoms with Gasteiger partial charge in [0.05, 0.1) is 13.0 Å². The molecule has 0 N–H and O–H groups in total. The first-order chi connectivity index (χ1) is 9.22. The van der Waals surface area contributed by atoms with Crippen molar-refractivity contribution in [1.82, 2.24) is 0 Å². The third-order valence-electron chi connectivity index (χ3n) is 4.29. The van der Waals surface area contributed by atoms with Gasteiger partial charge < -0.3 is 4.74 Å². The van der Waals surface area contributed by atoms with Crippen LogP contribution in [0.5, 0.6) is 0 Å². The topological polar surface area (TPSA) is 43.4 Å². The van der Waals surface area contributed by atoms with Crippen molar-refractivity contribution in [3.63, 3.8) is 0 Å². The van der Waals surface area contributed by atoms with E-state index in [1.807, 2.05) is 30.3 Å². The van der Waals surface area contributed by atoms with E-state index in [-0.39, 0.29) is 35.4 Å². The number of Topliss-reactive ketones (excluding diaryl/α,β-unsaturated/α-hetero) is 1. The molecule has 1 aromatic rings. The highest BCUT2D eigenvalue weighted by Crippen LogP contribution is 2.49. The number of fused-ring (bicyclic) bond motifs is 2. The number of carbonyl (C=O) groups is 2. The Morgan fingerprint density at radius 2 is 1.68 bits per heavy atom. The Balaban J connectivity index is 1.92. The van der Waals surface area contributed by atoms with Gasteiger partial charge in [-0.25, -0.2) is 0 Å². The molecule has 0 aliphatic heterocycles. The van der Waals surface area contributed by atoms with Gasteiger partial charge in [-0.1, -0.05) is 42.5 Å². The van der Waals surface area contributed by atoms with Crippen molar-refractivity contribution in [1.29, 1.82) is 0 Å². The Bertz CT molecular complexity index is 532. The first-order valence-corrected chi connectivity index (χ1v) is 6.58. The van der Waals surface area contributed by atoms with Crippen molar-refractivity contribution in [2.75, 3.05) is 7.11 Å². The fourth-order valence-electron chi connectivity index (χ4n) is 3.43. The van der Waals surface area contributed by atoms with Crippen LogP contribution in [-0.2, 0) is 9.53 Å². The minimum Gasteiger partial charge on any atom is -0.469 e. The first-order valence-electron chi connectivity index (χ1n) is 6.58. The number of esters is 1. The van der Waals surface area contributed by atoms with Crippen LogP contribution in [-0.4, -0.2) is 18.9 Å². The van der Waals surface area contributed by atoms with Crippen LogP contribution in [0.4, 0.5) is 0 Å². The molecule has 3 nitrogen and oxygen atoms in total. The predicted molar refractivity (Wildman–Crippen MR) is 70.5 cm³/mol. The maximum absolute atomic E-state index is 12.6. The second kappa shape index (κ2) is 4.65. The molecule has 0 aromatic heterocycles. The van der Waals surface area contributed by atoms with Gasteiger partial charge in [0.2, 0.25) is 0 Å². The number of carbonyl (C=O) groups excluding carboxylic acids is 2. The average molecular weight is 256 g/mol. The standard InChI is InChI=1S/C16H16O3/c1-19-16(18)14-12-8-7-11(9-12)13(14)15(17)10-5-3-2-4-6-10/h2-8,11-14H,9H2,1H3/t11-,12+,13-,14-/m1/s1. The Kier molecular flexibility index (Phi) is 2.97. The first kappa shape index (κ1) is 12.2. The smallest absolute Gasteiger partial charge is 0.310 e. The molecule has 0 amide bonds. The zero-order valence-electron chi connectivity index (χ0n) is 10.8. The Morgan fingerprint density at radius 3 is 2.32 bits per heavy atom. The van der Waals surface area contributed by atoms with Crippen LogP contribution in [0.1, 0.15) is 16.8 Å². The second-order valence-electron chi connectivity index (χ2n) is 5.25. The fraction of sp³-hybridized carbons (Fsp3) is 0.375. The van der Waals surface area contributed by atoms with Gasteiger partial charge in [0, 0.05) is 11.5 Å². The van der Waals surface area contributed by atoms with E-state index >= 15 is 0 Å². The summed E-state index contributed by atoms with van der Waals surface area (Å²) in [6.07, 6.45) is 5.03. The van der Waals surface area contributed by atoms with E-state index < -0.39 is 0 Å². The van der Waals surface area contributed by atoms with Gasteiger partial charge in [0.1, 0.15) is 0 Å². The van der Waals surface area contributed by atoms with E-state index in [0.717, 1.165) is 6.42 Å². The van der Waals surface area contributed by atoms with Crippen molar-refractivity contribution in [3.8, 4) is 0 Å². The molecule has 0 spiro atoms. The van der Waals surface area contributed by atoms with Crippen molar-refractivity contribution in [2.24, 2.45) is 23.7 Å². The molecule has 4 atom stereocenters. The molecule has 19 heavy (non-hydrogen) atoms. The molecule has 0 saturated heterocycles. The quantitative estimate of drug-likeness (QED) is 0.474. The molecule has 2 aliphatic rings. The molecular weight excluding hydrogens is 240 g/mol. The van der Waals surface area contributed by atoms with E-state index in [9.17, 15) is 9.59 Å². The SMILES string of the molecule is COC(=O)[C@H]1[C@H](C(=O)c2ccccc2)[C@@H]2C=C[C@H]1C2. The summed E-state index contributed by atoms with van der Waals surface area (Å²) in [5.41, 5.74) is 0.683. The van der Waals surface area contributed by atoms with Crippen LogP contribution in [0.2, 0.25) is 0 Å². The van der Waals surface area contributed by atoms with Crippen molar-refractivity contribution in [3.05, 3.63) is 48.0 Å². The lowest BCUT2D eigenvalue weighted by atomic mass is 9.78. The van der Waals surface area contributed by atoms with Crippen molar-refractivity contribution < 1.29 is 14.3 Å². The zero-order valence-corrected chi connectivity index (χ0v) is 10.8.